The van der Waals surface area contributed by atoms with Crippen LogP contribution in [0.2, 0.25) is 0 Å². The number of aromatic nitrogens is 1. The van der Waals surface area contributed by atoms with Crippen molar-refractivity contribution in [3.63, 3.8) is 0 Å². The highest BCUT2D eigenvalue weighted by atomic mass is 32.2. The number of nitrogens with one attached hydrogen (secondary N) is 1. The van der Waals surface area contributed by atoms with Crippen LogP contribution in [-0.2, 0) is 0 Å². The minimum atomic E-state index is 0.0858. The van der Waals surface area contributed by atoms with Crippen molar-refractivity contribution in [2.75, 3.05) is 18.4 Å². The molecule has 156 valence electrons. The zero-order valence-electron chi connectivity index (χ0n) is 16.9. The highest BCUT2D eigenvalue weighted by Crippen LogP contribution is 2.34. The molecule has 1 aromatic rings. The average Bonchev–Trinajstić information content (AvgIpc) is 3.17. The molecule has 2 heterocycles. The highest BCUT2D eigenvalue weighted by Gasteiger charge is 2.32. The summed E-state index contributed by atoms with van der Waals surface area (Å²) >= 11 is 3.42. The molecule has 0 aromatic carbocycles. The lowest BCUT2D eigenvalue weighted by atomic mass is 9.89. The van der Waals surface area contributed by atoms with Crippen molar-refractivity contribution in [1.29, 1.82) is 0 Å². The third kappa shape index (κ3) is 5.42. The molecule has 0 unspecified atom stereocenters. The second-order valence-corrected chi connectivity index (χ2v) is 10.9. The minimum absolute atomic E-state index is 0.0858. The number of anilines is 1. The van der Waals surface area contributed by atoms with E-state index in [0.717, 1.165) is 43.9 Å². The van der Waals surface area contributed by atoms with Gasteiger partial charge in [-0.25, -0.2) is 14.1 Å². The molecule has 3 fully saturated rings. The Morgan fingerprint density at radius 3 is 2.14 bits per heavy atom. The second-order valence-electron chi connectivity index (χ2n) is 8.49. The van der Waals surface area contributed by atoms with Gasteiger partial charge in [-0.15, -0.1) is 0 Å². The summed E-state index contributed by atoms with van der Waals surface area (Å²) in [7, 11) is 0. The molecule has 1 aromatic heterocycles. The Kier molecular flexibility index (Phi) is 7.54. The van der Waals surface area contributed by atoms with Gasteiger partial charge < -0.3 is 4.90 Å². The van der Waals surface area contributed by atoms with E-state index < -0.39 is 0 Å². The predicted molar refractivity (Wildman–Crippen MR) is 118 cm³/mol. The van der Waals surface area contributed by atoms with Gasteiger partial charge in [0.2, 0.25) is 0 Å². The first-order valence-electron chi connectivity index (χ1n) is 11.3. The summed E-state index contributed by atoms with van der Waals surface area (Å²) in [6.45, 7) is 2.31. The third-order valence-corrected chi connectivity index (χ3v) is 8.49. The van der Waals surface area contributed by atoms with Crippen LogP contribution in [0.5, 0.6) is 0 Å². The van der Waals surface area contributed by atoms with Crippen LogP contribution in [0.4, 0.5) is 9.93 Å². The Bertz CT molecular complexity index is 602. The van der Waals surface area contributed by atoms with Gasteiger partial charge >= 0.3 is 6.03 Å². The van der Waals surface area contributed by atoms with Crippen LogP contribution in [0.3, 0.4) is 0 Å². The number of nitrogens with zero attached hydrogens (tertiary/aromatic N) is 3. The monoisotopic (exact) mass is 422 g/mol. The Balaban J connectivity index is 1.39. The lowest BCUT2D eigenvalue weighted by Crippen LogP contribution is -2.50. The maximum atomic E-state index is 13.3. The van der Waals surface area contributed by atoms with Crippen LogP contribution in [-0.4, -0.2) is 45.4 Å². The molecule has 1 saturated heterocycles. The highest BCUT2D eigenvalue weighted by molar-refractivity contribution is 7.99. The van der Waals surface area contributed by atoms with E-state index in [1.165, 1.54) is 62.0 Å². The number of rotatable bonds is 5. The van der Waals surface area contributed by atoms with Gasteiger partial charge in [-0.2, -0.15) is 0 Å². The van der Waals surface area contributed by atoms with Gasteiger partial charge in [0, 0.05) is 25.2 Å². The van der Waals surface area contributed by atoms with E-state index in [9.17, 15) is 4.79 Å². The van der Waals surface area contributed by atoms with E-state index >= 15 is 0 Å². The lowest BCUT2D eigenvalue weighted by molar-refractivity contribution is 0.114. The molecule has 2 aliphatic carbocycles. The van der Waals surface area contributed by atoms with Gasteiger partial charge in [0.1, 0.15) is 0 Å². The first-order valence-corrected chi connectivity index (χ1v) is 12.9. The van der Waals surface area contributed by atoms with Crippen molar-refractivity contribution in [2.24, 2.45) is 0 Å². The van der Waals surface area contributed by atoms with Gasteiger partial charge in [0.05, 0.1) is 10.4 Å². The van der Waals surface area contributed by atoms with Crippen LogP contribution in [0.25, 0.3) is 0 Å². The van der Waals surface area contributed by atoms with Gasteiger partial charge in [-0.3, -0.25) is 5.32 Å². The van der Waals surface area contributed by atoms with Gasteiger partial charge in [0.15, 0.2) is 5.13 Å². The number of piperidine rings is 1. The van der Waals surface area contributed by atoms with Crippen molar-refractivity contribution in [1.82, 2.24) is 14.2 Å². The third-order valence-electron chi connectivity index (χ3n) is 6.40. The summed E-state index contributed by atoms with van der Waals surface area (Å²) < 4.78 is 3.61. The van der Waals surface area contributed by atoms with E-state index in [1.807, 2.05) is 6.20 Å². The molecule has 28 heavy (non-hydrogen) atoms. The van der Waals surface area contributed by atoms with Crippen LogP contribution in [0.1, 0.15) is 83.5 Å². The summed E-state index contributed by atoms with van der Waals surface area (Å²) in [6, 6.07) is 0.917. The summed E-state index contributed by atoms with van der Waals surface area (Å²) in [5.41, 5.74) is 0. The number of hydrogen-bond donors (Lipinski definition) is 1. The maximum absolute atomic E-state index is 13.3. The van der Waals surface area contributed by atoms with Crippen molar-refractivity contribution < 1.29 is 4.79 Å². The quantitative estimate of drug-likeness (QED) is 0.579. The topological polar surface area (TPSA) is 48.5 Å². The number of carbonyl (C=O) groups is 1. The molecule has 0 radical (unpaired) electrons. The molecule has 1 aliphatic heterocycles. The molecule has 0 spiro atoms. The van der Waals surface area contributed by atoms with Crippen LogP contribution in [0.15, 0.2) is 10.4 Å². The number of amides is 2. The molecular formula is C21H34N4OS2. The Morgan fingerprint density at radius 1 is 0.964 bits per heavy atom. The number of carbonyl (C=O) groups excluding carboxylic acids is 1. The molecule has 3 aliphatic rings. The SMILES string of the molecule is O=C(Nc1ncc(SN2CCCCC2)s1)N(C1CCCCC1)C1CCCCC1. The molecule has 0 atom stereocenters. The fourth-order valence-corrected chi connectivity index (χ4v) is 6.98. The maximum Gasteiger partial charge on any atom is 0.324 e. The van der Waals surface area contributed by atoms with E-state index in [1.54, 1.807) is 23.3 Å². The lowest BCUT2D eigenvalue weighted by Gasteiger charge is -2.41. The first kappa shape index (κ1) is 20.5. The fourth-order valence-electron chi connectivity index (χ4n) is 4.95. The van der Waals surface area contributed by atoms with Crippen molar-refractivity contribution in [2.45, 2.75) is 99.8 Å². The summed E-state index contributed by atoms with van der Waals surface area (Å²) in [5.74, 6) is 0. The van der Waals surface area contributed by atoms with Crippen molar-refractivity contribution in [3.05, 3.63) is 6.20 Å². The van der Waals surface area contributed by atoms with E-state index in [4.69, 9.17) is 0 Å². The molecule has 2 amide bonds. The number of hydrogen-bond acceptors (Lipinski definition) is 5. The second kappa shape index (κ2) is 10.3. The summed E-state index contributed by atoms with van der Waals surface area (Å²) in [4.78, 5) is 20.0. The minimum Gasteiger partial charge on any atom is -0.319 e. The predicted octanol–water partition coefficient (Wildman–Crippen LogP) is 6.14. The largest absolute Gasteiger partial charge is 0.324 e. The zero-order chi connectivity index (χ0) is 19.2. The van der Waals surface area contributed by atoms with Crippen molar-refractivity contribution in [3.8, 4) is 0 Å². The molecule has 2 saturated carbocycles. The average molecular weight is 423 g/mol. The Labute approximate surface area is 177 Å². The summed E-state index contributed by atoms with van der Waals surface area (Å²) in [5, 5.41) is 3.91. The van der Waals surface area contributed by atoms with Gasteiger partial charge in [0.25, 0.3) is 0 Å². The fraction of sp³-hybridized carbons (Fsp3) is 0.810. The van der Waals surface area contributed by atoms with Gasteiger partial charge in [-0.1, -0.05) is 56.3 Å². The number of thiazole rings is 1. The molecule has 4 rings (SSSR count). The summed E-state index contributed by atoms with van der Waals surface area (Å²) in [6.07, 6.45) is 18.2. The molecule has 7 heteroatoms. The van der Waals surface area contributed by atoms with Crippen LogP contribution < -0.4 is 5.32 Å². The van der Waals surface area contributed by atoms with E-state index in [0.29, 0.717) is 12.1 Å². The molecule has 1 N–H and O–H groups in total. The molecular weight excluding hydrogens is 388 g/mol. The molecule has 0 bridgehead atoms. The van der Waals surface area contributed by atoms with Crippen molar-refractivity contribution >= 4 is 34.4 Å². The van der Waals surface area contributed by atoms with Crippen LogP contribution in [0, 0.1) is 0 Å². The first-order chi connectivity index (χ1) is 13.8. The van der Waals surface area contributed by atoms with Crippen LogP contribution >= 0.6 is 23.3 Å². The van der Waals surface area contributed by atoms with E-state index in [2.05, 4.69) is 19.5 Å². The van der Waals surface area contributed by atoms with Gasteiger partial charge in [-0.05, 0) is 50.5 Å². The zero-order valence-corrected chi connectivity index (χ0v) is 18.5. The Morgan fingerprint density at radius 2 is 1.54 bits per heavy atom. The Hall–Kier alpha value is -0.790. The normalized spacial score (nSPS) is 22.9. The number of urea groups is 1. The smallest absolute Gasteiger partial charge is 0.319 e. The van der Waals surface area contributed by atoms with E-state index in [-0.39, 0.29) is 6.03 Å². The molecule has 5 nitrogen and oxygen atoms in total. The standard InChI is InChI=1S/C21H34N4OS2/c26-21(23-20-22-16-19(27-20)28-24-14-8-3-9-15-24)25(17-10-4-1-5-11-17)18-12-6-2-7-13-18/h16-18H,1-15H2,(H,22,23,26).